The SMILES string of the molecule is [2H]c1c([2H])c([2H])c(-n2c3c([2H])c([2H])c([2H])c([2H])c3c3c([2H])c([2H])c4c5c([2H])c([2H])c([2H])c([2H])c5n(-c5nc(-c6ccccc6)nc(-c6ccc(-c7ccccc7)cc6)n5)c4c32)c([2H])c1[2H]. The Morgan fingerprint density at radius 2 is 0.840 bits per heavy atom. The second kappa shape index (κ2) is 11.4. The highest BCUT2D eigenvalue weighted by atomic mass is 15.2. The van der Waals surface area contributed by atoms with E-state index in [1.807, 2.05) is 42.5 Å². The van der Waals surface area contributed by atoms with Crippen molar-refractivity contribution in [2.75, 3.05) is 0 Å². The van der Waals surface area contributed by atoms with E-state index in [4.69, 9.17) is 28.7 Å². The molecule has 5 heteroatoms. The van der Waals surface area contributed by atoms with E-state index in [1.54, 1.807) is 42.5 Å². The van der Waals surface area contributed by atoms with Crippen molar-refractivity contribution in [1.29, 1.82) is 0 Å². The molecule has 0 aliphatic rings. The fourth-order valence-electron chi connectivity index (χ4n) is 6.34. The van der Waals surface area contributed by atoms with E-state index in [2.05, 4.69) is 0 Å². The Kier molecular flexibility index (Phi) is 3.87. The maximum Gasteiger partial charge on any atom is 0.238 e. The summed E-state index contributed by atoms with van der Waals surface area (Å²) in [6.07, 6.45) is 0. The van der Waals surface area contributed by atoms with Crippen LogP contribution in [0, 0.1) is 0 Å². The lowest BCUT2D eigenvalue weighted by atomic mass is 10.0. The number of para-hydroxylation sites is 3. The third-order valence-corrected chi connectivity index (χ3v) is 8.56. The number of aromatic nitrogens is 5. The van der Waals surface area contributed by atoms with Gasteiger partial charge in [-0.3, -0.25) is 4.57 Å². The predicted molar refractivity (Wildman–Crippen MR) is 205 cm³/mol. The lowest BCUT2D eigenvalue weighted by Gasteiger charge is -2.13. The summed E-state index contributed by atoms with van der Waals surface area (Å²) >= 11 is 0. The lowest BCUT2D eigenvalue weighted by Crippen LogP contribution is -2.07. The highest BCUT2D eigenvalue weighted by Gasteiger charge is 2.23. The van der Waals surface area contributed by atoms with Crippen molar-refractivity contribution in [3.63, 3.8) is 0 Å². The van der Waals surface area contributed by atoms with Crippen LogP contribution >= 0.6 is 0 Å². The van der Waals surface area contributed by atoms with Gasteiger partial charge in [0.25, 0.3) is 0 Å². The van der Waals surface area contributed by atoms with Crippen LogP contribution in [0.4, 0.5) is 0 Å². The van der Waals surface area contributed by atoms with Gasteiger partial charge in [0, 0.05) is 38.4 Å². The van der Waals surface area contributed by atoms with E-state index in [-0.39, 0.29) is 61.2 Å². The molecule has 3 aromatic heterocycles. The molecule has 0 saturated carbocycles. The van der Waals surface area contributed by atoms with Crippen LogP contribution in [0.1, 0.15) is 20.6 Å². The van der Waals surface area contributed by atoms with Crippen LogP contribution in [0.3, 0.4) is 0 Å². The molecule has 7 aromatic carbocycles. The molecule has 0 spiro atoms. The summed E-state index contributed by atoms with van der Waals surface area (Å²) in [5, 5.41) is -1.08. The number of nitrogens with zero attached hydrogens (tertiary/aromatic N) is 5. The van der Waals surface area contributed by atoms with Crippen molar-refractivity contribution >= 4 is 43.6 Å². The smallest absolute Gasteiger partial charge is 0.238 e. The topological polar surface area (TPSA) is 48.5 Å². The van der Waals surface area contributed by atoms with E-state index in [1.165, 1.54) is 4.57 Å². The minimum absolute atomic E-state index is 0.120. The number of benzene rings is 7. The molecular weight excluding hydrogens is 611 g/mol. The van der Waals surface area contributed by atoms with Crippen LogP contribution in [-0.2, 0) is 0 Å². The zero-order chi connectivity index (χ0) is 46.1. The molecule has 0 unspecified atom stereocenters. The summed E-state index contributed by atoms with van der Waals surface area (Å²) in [6.45, 7) is 0. The molecule has 10 aromatic rings. The Morgan fingerprint density at radius 1 is 0.380 bits per heavy atom. The first-order valence-electron chi connectivity index (χ1n) is 23.1. The minimum Gasteiger partial charge on any atom is -0.307 e. The Bertz CT molecular complexity index is 3680. The minimum atomic E-state index is -0.774. The summed E-state index contributed by atoms with van der Waals surface area (Å²) in [7, 11) is 0. The third kappa shape index (κ3) is 4.45. The predicted octanol–water partition coefficient (Wildman–Crippen LogP) is 11.1. The maximum atomic E-state index is 9.59. The van der Waals surface area contributed by atoms with Gasteiger partial charge in [-0.25, -0.2) is 4.98 Å². The van der Waals surface area contributed by atoms with Crippen LogP contribution < -0.4 is 0 Å². The second-order valence-corrected chi connectivity index (χ2v) is 11.4. The van der Waals surface area contributed by atoms with Crippen molar-refractivity contribution < 1.29 is 20.6 Å². The summed E-state index contributed by atoms with van der Waals surface area (Å²) in [5.74, 6) is -0.00449. The number of fused-ring (bicyclic) bond motifs is 7. The molecular formula is C45H29N5. The van der Waals surface area contributed by atoms with E-state index in [0.717, 1.165) is 15.7 Å². The molecule has 0 amide bonds. The van der Waals surface area contributed by atoms with Gasteiger partial charge in [-0.05, 0) is 35.3 Å². The molecule has 0 bridgehead atoms. The van der Waals surface area contributed by atoms with Gasteiger partial charge in [0.2, 0.25) is 5.95 Å². The van der Waals surface area contributed by atoms with Gasteiger partial charge in [0.1, 0.15) is 0 Å². The Hall–Kier alpha value is -6.85. The normalized spacial score (nSPS) is 15.8. The average Bonchev–Trinajstić information content (AvgIpc) is 3.87. The lowest BCUT2D eigenvalue weighted by molar-refractivity contribution is 0.953. The van der Waals surface area contributed by atoms with Gasteiger partial charge in [-0.2, -0.15) is 9.97 Å². The molecule has 0 N–H and O–H groups in total. The summed E-state index contributed by atoms with van der Waals surface area (Å²) in [6, 6.07) is 15.5. The van der Waals surface area contributed by atoms with E-state index in [0.29, 0.717) is 11.1 Å². The fraction of sp³-hybridized carbons (Fsp3) is 0. The van der Waals surface area contributed by atoms with E-state index < -0.39 is 96.3 Å². The number of rotatable bonds is 5. The van der Waals surface area contributed by atoms with Crippen LogP contribution in [0.2, 0.25) is 0 Å². The van der Waals surface area contributed by atoms with Crippen molar-refractivity contribution in [1.82, 2.24) is 24.1 Å². The molecule has 0 aliphatic heterocycles. The Labute approximate surface area is 309 Å². The van der Waals surface area contributed by atoms with Gasteiger partial charge in [-0.15, -0.1) is 0 Å². The summed E-state index contributed by atoms with van der Waals surface area (Å²) < 4.78 is 137. The van der Waals surface area contributed by atoms with Crippen molar-refractivity contribution in [3.05, 3.63) is 176 Å². The van der Waals surface area contributed by atoms with Crippen LogP contribution in [0.15, 0.2) is 176 Å². The second-order valence-electron chi connectivity index (χ2n) is 11.4. The van der Waals surface area contributed by atoms with Gasteiger partial charge in [-0.1, -0.05) is 151 Å². The quantitative estimate of drug-likeness (QED) is 0.186. The van der Waals surface area contributed by atoms with Crippen LogP contribution in [-0.4, -0.2) is 24.1 Å². The highest BCUT2D eigenvalue weighted by Crippen LogP contribution is 2.41. The summed E-state index contributed by atoms with van der Waals surface area (Å²) in [5.41, 5.74) is 1.22. The zero-order valence-electron chi connectivity index (χ0n) is 40.8. The molecule has 5 nitrogen and oxygen atoms in total. The number of hydrogen-bond acceptors (Lipinski definition) is 3. The van der Waals surface area contributed by atoms with Crippen molar-refractivity contribution in [3.8, 4) is 45.5 Å². The highest BCUT2D eigenvalue weighted by molar-refractivity contribution is 6.23. The first kappa shape index (κ1) is 17.0. The fourth-order valence-corrected chi connectivity index (χ4v) is 6.34. The maximum absolute atomic E-state index is 9.59. The molecule has 0 saturated heterocycles. The van der Waals surface area contributed by atoms with E-state index >= 15 is 0 Å². The van der Waals surface area contributed by atoms with Gasteiger partial charge < -0.3 is 4.57 Å². The summed E-state index contributed by atoms with van der Waals surface area (Å²) in [4.78, 5) is 14.7. The molecule has 50 heavy (non-hydrogen) atoms. The first-order chi connectivity index (χ1) is 31.0. The monoisotopic (exact) mass is 654 g/mol. The zero-order valence-corrected chi connectivity index (χ0v) is 25.8. The number of hydrogen-bond donors (Lipinski definition) is 0. The van der Waals surface area contributed by atoms with Crippen molar-refractivity contribution in [2.24, 2.45) is 0 Å². The molecule has 0 fully saturated rings. The molecule has 0 atom stereocenters. The molecule has 3 heterocycles. The van der Waals surface area contributed by atoms with Crippen LogP contribution in [0.25, 0.3) is 89.2 Å². The van der Waals surface area contributed by atoms with Gasteiger partial charge >= 0.3 is 0 Å². The van der Waals surface area contributed by atoms with E-state index in [9.17, 15) is 6.85 Å². The van der Waals surface area contributed by atoms with Gasteiger partial charge in [0.15, 0.2) is 11.6 Å². The third-order valence-electron chi connectivity index (χ3n) is 8.56. The largest absolute Gasteiger partial charge is 0.307 e. The van der Waals surface area contributed by atoms with Crippen molar-refractivity contribution in [2.45, 2.75) is 0 Å². The van der Waals surface area contributed by atoms with Crippen LogP contribution in [0.5, 0.6) is 0 Å². The van der Waals surface area contributed by atoms with Gasteiger partial charge in [0.05, 0.1) is 42.6 Å². The molecule has 0 radical (unpaired) electrons. The average molecular weight is 655 g/mol. The Balaban J connectivity index is 1.48. The molecule has 10 rings (SSSR count). The first-order valence-corrected chi connectivity index (χ1v) is 15.6. The Morgan fingerprint density at radius 3 is 1.46 bits per heavy atom. The molecule has 234 valence electrons. The molecule has 0 aliphatic carbocycles. The standard InChI is InChI=1S/C45H29N5/c1-4-14-30(15-5-1)31-24-26-33(27-25-31)44-46-43(32-16-6-2-7-17-32)47-45(48-44)50-40-23-13-11-21-36(40)38-29-28-37-35-20-10-12-22-39(35)49(41(37)42(38)50)34-18-8-3-9-19-34/h1-29H/i3D,8D,9D,10D,11D,12D,13D,18D,19D,20D,21D,22D,23D,28D,29D.